The Bertz CT molecular complexity index is 555. The number of nitrogen functional groups attached to an aromatic ring is 1. The zero-order chi connectivity index (χ0) is 13.5. The summed E-state index contributed by atoms with van der Waals surface area (Å²) in [6, 6.07) is 7.65. The van der Waals surface area contributed by atoms with Crippen LogP contribution in [-0.2, 0) is 0 Å². The Balaban J connectivity index is 0.000000184. The molecule has 4 N–H and O–H groups in total. The molecule has 0 aliphatic rings. The van der Waals surface area contributed by atoms with E-state index in [9.17, 15) is 14.7 Å². The van der Waals surface area contributed by atoms with Crippen LogP contribution in [0.25, 0.3) is 0 Å². The van der Waals surface area contributed by atoms with Crippen LogP contribution in [0.5, 0.6) is 0 Å². The second kappa shape index (κ2) is 6.19. The van der Waals surface area contributed by atoms with E-state index in [1.807, 2.05) is 25.3 Å². The van der Waals surface area contributed by atoms with Crippen LogP contribution in [0.1, 0.15) is 16.1 Å². The molecular formula is C12H13N3O3. The minimum Gasteiger partial charge on any atom is -0.543 e. The van der Waals surface area contributed by atoms with Crippen LogP contribution in [-0.4, -0.2) is 11.0 Å². The molecule has 94 valence electrons. The number of nitrogens with two attached hydrogens (primary N) is 1. The lowest BCUT2D eigenvalue weighted by Gasteiger charge is -1.98. The zero-order valence-electron chi connectivity index (χ0n) is 9.77. The number of anilines is 1. The number of carbonyl (C=O) groups excluding carboxylic acids is 1. The van der Waals surface area contributed by atoms with Crippen LogP contribution in [0.4, 0.5) is 5.82 Å². The lowest BCUT2D eigenvalue weighted by molar-refractivity contribution is -0.360. The van der Waals surface area contributed by atoms with Crippen molar-refractivity contribution in [3.8, 4) is 0 Å². The molecule has 2 heterocycles. The number of H-pyrrole nitrogens is 2. The average Bonchev–Trinajstić information content (AvgIpc) is 2.34. The van der Waals surface area contributed by atoms with Gasteiger partial charge in [-0.05, 0) is 24.6 Å². The summed E-state index contributed by atoms with van der Waals surface area (Å²) < 4.78 is 0. The molecule has 0 saturated carbocycles. The Morgan fingerprint density at radius 2 is 2.06 bits per heavy atom. The van der Waals surface area contributed by atoms with Gasteiger partial charge in [-0.15, -0.1) is 0 Å². The van der Waals surface area contributed by atoms with E-state index in [1.54, 1.807) is 0 Å². The topological polar surface area (TPSA) is 113 Å². The van der Waals surface area contributed by atoms with Gasteiger partial charge in [0.05, 0.1) is 17.9 Å². The second-order valence-corrected chi connectivity index (χ2v) is 3.54. The fourth-order valence-corrected chi connectivity index (χ4v) is 1.08. The van der Waals surface area contributed by atoms with Gasteiger partial charge < -0.3 is 14.9 Å². The molecule has 0 aliphatic carbocycles. The highest BCUT2D eigenvalue weighted by molar-refractivity contribution is 5.83. The Kier molecular flexibility index (Phi) is 4.62. The Morgan fingerprint density at radius 1 is 1.33 bits per heavy atom. The van der Waals surface area contributed by atoms with Gasteiger partial charge in [0.25, 0.3) is 5.82 Å². The van der Waals surface area contributed by atoms with E-state index in [2.05, 4.69) is 9.97 Å². The molecule has 0 saturated heterocycles. The monoisotopic (exact) mass is 247 g/mol. The molecule has 0 aromatic carbocycles. The number of aromatic amines is 2. The molecule has 0 unspecified atom stereocenters. The van der Waals surface area contributed by atoms with Gasteiger partial charge in [-0.1, -0.05) is 6.07 Å². The van der Waals surface area contributed by atoms with Crippen LogP contribution in [0, 0.1) is 6.92 Å². The maximum atomic E-state index is 10.4. The number of hydrogen-bond acceptors (Lipinski definition) is 4. The van der Waals surface area contributed by atoms with Crippen molar-refractivity contribution in [2.45, 2.75) is 6.92 Å². The van der Waals surface area contributed by atoms with Crippen molar-refractivity contribution in [1.29, 1.82) is 0 Å². The molecule has 0 amide bonds. The van der Waals surface area contributed by atoms with E-state index in [1.165, 1.54) is 23.8 Å². The number of carboxylic acid groups (broad SMARTS) is 1. The van der Waals surface area contributed by atoms with Gasteiger partial charge >= 0.3 is 0 Å². The second-order valence-electron chi connectivity index (χ2n) is 3.54. The van der Waals surface area contributed by atoms with E-state index < -0.39 is 11.5 Å². The molecule has 6 heteroatoms. The molecule has 0 fully saturated rings. The van der Waals surface area contributed by atoms with Gasteiger partial charge in [-0.25, -0.2) is 4.98 Å². The summed E-state index contributed by atoms with van der Waals surface area (Å²) >= 11 is 0. The zero-order valence-corrected chi connectivity index (χ0v) is 9.77. The summed E-state index contributed by atoms with van der Waals surface area (Å²) in [7, 11) is 0. The molecule has 2 rings (SSSR count). The van der Waals surface area contributed by atoms with Crippen LogP contribution >= 0.6 is 0 Å². The third kappa shape index (κ3) is 4.48. The highest BCUT2D eigenvalue weighted by atomic mass is 16.4. The van der Waals surface area contributed by atoms with Gasteiger partial charge in [0.2, 0.25) is 5.56 Å². The number of pyridine rings is 2. The maximum absolute atomic E-state index is 10.4. The molecule has 2 aromatic heterocycles. The summed E-state index contributed by atoms with van der Waals surface area (Å²) in [5, 5.41) is 10.1. The Hall–Kier alpha value is -2.63. The number of hydrogen-bond donors (Lipinski definition) is 2. The summed E-state index contributed by atoms with van der Waals surface area (Å²) in [5.41, 5.74) is 5.92. The first kappa shape index (κ1) is 13.4. The van der Waals surface area contributed by atoms with Crippen molar-refractivity contribution in [2.75, 3.05) is 5.73 Å². The Morgan fingerprint density at radius 3 is 2.44 bits per heavy atom. The van der Waals surface area contributed by atoms with Crippen LogP contribution in [0.15, 0.2) is 41.3 Å². The lowest BCUT2D eigenvalue weighted by Crippen LogP contribution is -2.25. The molecule has 0 aliphatic heterocycles. The number of aromatic carboxylic acids is 1. The molecule has 18 heavy (non-hydrogen) atoms. The fourth-order valence-electron chi connectivity index (χ4n) is 1.08. The summed E-state index contributed by atoms with van der Waals surface area (Å²) in [5.74, 6) is -0.673. The van der Waals surface area contributed by atoms with Crippen LogP contribution < -0.4 is 21.4 Å². The maximum Gasteiger partial charge on any atom is 0.270 e. The van der Waals surface area contributed by atoms with Crippen molar-refractivity contribution >= 4 is 11.8 Å². The van der Waals surface area contributed by atoms with Crippen molar-refractivity contribution in [3.05, 3.63) is 58.1 Å². The predicted octanol–water partition coefficient (Wildman–Crippen LogP) is -0.870. The largest absolute Gasteiger partial charge is 0.543 e. The number of aromatic nitrogens is 2. The number of carbonyl (C=O) groups is 1. The average molecular weight is 247 g/mol. The first-order valence-corrected chi connectivity index (χ1v) is 5.13. The van der Waals surface area contributed by atoms with Crippen LogP contribution in [0.2, 0.25) is 0 Å². The normalized spacial score (nSPS) is 9.17. The lowest BCUT2D eigenvalue weighted by atomic mass is 10.3. The first-order chi connectivity index (χ1) is 8.49. The van der Waals surface area contributed by atoms with E-state index in [0.717, 1.165) is 0 Å². The first-order valence-electron chi connectivity index (χ1n) is 5.13. The van der Waals surface area contributed by atoms with E-state index in [-0.39, 0.29) is 5.69 Å². The van der Waals surface area contributed by atoms with Gasteiger partial charge in [-0.2, -0.15) is 0 Å². The minimum atomic E-state index is -1.38. The van der Waals surface area contributed by atoms with Gasteiger partial charge in [0.15, 0.2) is 0 Å². The molecular weight excluding hydrogens is 234 g/mol. The summed E-state index contributed by atoms with van der Waals surface area (Å²) in [4.78, 5) is 25.5. The van der Waals surface area contributed by atoms with Crippen molar-refractivity contribution in [2.24, 2.45) is 0 Å². The number of nitrogens with one attached hydrogen (secondary N) is 2. The standard InChI is InChI=1S/C6H8N2.C6H5NO3/c1-5-2-3-6(7)8-4-5;8-5-3-1-2-4(7-5)6(9)10/h2-4H,1H3,(H2,7,8);1-3H,(H,7,8)(H,9,10). The van der Waals surface area contributed by atoms with Crippen molar-refractivity contribution in [1.82, 2.24) is 4.98 Å². The molecule has 2 aromatic rings. The molecule has 0 spiro atoms. The SMILES string of the molecule is Cc1ccc(N)[nH+]c1.O=C([O-])c1cccc(=O)[nH]1. The highest BCUT2D eigenvalue weighted by Gasteiger charge is 1.90. The van der Waals surface area contributed by atoms with Crippen molar-refractivity contribution in [3.63, 3.8) is 0 Å². The summed E-state index contributed by atoms with van der Waals surface area (Å²) in [6.07, 6.45) is 1.87. The van der Waals surface area contributed by atoms with Crippen molar-refractivity contribution < 1.29 is 14.9 Å². The predicted molar refractivity (Wildman–Crippen MR) is 63.5 cm³/mol. The molecule has 0 atom stereocenters. The quantitative estimate of drug-likeness (QED) is 0.681. The van der Waals surface area contributed by atoms with Gasteiger partial charge in [0, 0.05) is 12.1 Å². The van der Waals surface area contributed by atoms with E-state index in [4.69, 9.17) is 5.73 Å². The van der Waals surface area contributed by atoms with Gasteiger partial charge in [0.1, 0.15) is 0 Å². The highest BCUT2D eigenvalue weighted by Crippen LogP contribution is 1.92. The molecule has 0 radical (unpaired) electrons. The Labute approximate surface area is 103 Å². The fraction of sp³-hybridized carbons (Fsp3) is 0.0833. The molecule has 0 bridgehead atoms. The number of rotatable bonds is 1. The van der Waals surface area contributed by atoms with E-state index in [0.29, 0.717) is 5.82 Å². The third-order valence-corrected chi connectivity index (χ3v) is 1.98. The molecule has 6 nitrogen and oxygen atoms in total. The minimum absolute atomic E-state index is 0.201. The number of carboxylic acids is 1. The third-order valence-electron chi connectivity index (χ3n) is 1.98. The summed E-state index contributed by atoms with van der Waals surface area (Å²) in [6.45, 7) is 2.01. The number of aryl methyl sites for hydroxylation is 1. The van der Waals surface area contributed by atoms with E-state index >= 15 is 0 Å². The van der Waals surface area contributed by atoms with Gasteiger partial charge in [-0.3, -0.25) is 10.5 Å². The van der Waals surface area contributed by atoms with Crippen LogP contribution in [0.3, 0.4) is 0 Å². The smallest absolute Gasteiger partial charge is 0.270 e.